The Balaban J connectivity index is 2.27. The van der Waals surface area contributed by atoms with Crippen LogP contribution >= 0.6 is 11.6 Å². The van der Waals surface area contributed by atoms with Gasteiger partial charge in [0, 0.05) is 10.6 Å². The van der Waals surface area contributed by atoms with Crippen LogP contribution in [0.15, 0.2) is 24.3 Å². The maximum Gasteiger partial charge on any atom is 0.258 e. The monoisotopic (exact) mass is 298 g/mol. The zero-order valence-electron chi connectivity index (χ0n) is 11.8. The molecule has 0 aliphatic rings. The first kappa shape index (κ1) is 16.3. The van der Waals surface area contributed by atoms with Gasteiger partial charge in [0.05, 0.1) is 6.54 Å². The number of rotatable bonds is 5. The van der Waals surface area contributed by atoms with E-state index in [1.165, 1.54) is 0 Å². The highest BCUT2D eigenvalue weighted by Crippen LogP contribution is 2.15. The van der Waals surface area contributed by atoms with Crippen molar-refractivity contribution in [1.29, 1.82) is 0 Å². The molecule has 6 heteroatoms. The Hall–Kier alpha value is -1.75. The maximum absolute atomic E-state index is 11.5. The Morgan fingerprint density at radius 2 is 1.75 bits per heavy atom. The largest absolute Gasteiger partial charge is 0.484 e. The average molecular weight is 299 g/mol. The van der Waals surface area contributed by atoms with E-state index in [0.29, 0.717) is 10.8 Å². The molecule has 0 bridgehead atoms. The van der Waals surface area contributed by atoms with E-state index in [1.54, 1.807) is 24.3 Å². The van der Waals surface area contributed by atoms with Gasteiger partial charge in [0.1, 0.15) is 5.75 Å². The fourth-order valence-corrected chi connectivity index (χ4v) is 1.50. The van der Waals surface area contributed by atoms with Crippen LogP contribution in [0.5, 0.6) is 5.75 Å². The van der Waals surface area contributed by atoms with Crippen molar-refractivity contribution >= 4 is 23.4 Å². The fourth-order valence-electron chi connectivity index (χ4n) is 1.37. The standard InChI is InChI=1S/C14H19ClN2O3/c1-14(2,3)17-12(18)8-16-13(19)9-20-11-6-4-10(15)5-7-11/h4-7H,8-9H2,1-3H3,(H,16,19)(H,17,18). The summed E-state index contributed by atoms with van der Waals surface area (Å²) < 4.78 is 5.25. The highest BCUT2D eigenvalue weighted by molar-refractivity contribution is 6.30. The minimum absolute atomic E-state index is 0.0694. The molecule has 0 unspecified atom stereocenters. The van der Waals surface area contributed by atoms with E-state index in [-0.39, 0.29) is 30.5 Å². The number of hydrogen-bond donors (Lipinski definition) is 2. The third kappa shape index (κ3) is 6.99. The predicted molar refractivity (Wildman–Crippen MR) is 77.9 cm³/mol. The van der Waals surface area contributed by atoms with Gasteiger partial charge in [-0.15, -0.1) is 0 Å². The third-order valence-electron chi connectivity index (χ3n) is 2.14. The van der Waals surface area contributed by atoms with Gasteiger partial charge < -0.3 is 15.4 Å². The molecule has 5 nitrogen and oxygen atoms in total. The van der Waals surface area contributed by atoms with Gasteiger partial charge in [-0.2, -0.15) is 0 Å². The van der Waals surface area contributed by atoms with E-state index in [0.717, 1.165) is 0 Å². The minimum atomic E-state index is -0.357. The molecule has 2 N–H and O–H groups in total. The molecule has 1 aromatic carbocycles. The highest BCUT2D eigenvalue weighted by atomic mass is 35.5. The number of benzene rings is 1. The van der Waals surface area contributed by atoms with Crippen LogP contribution in [-0.2, 0) is 9.59 Å². The molecule has 20 heavy (non-hydrogen) atoms. The first-order chi connectivity index (χ1) is 9.26. The molecule has 0 atom stereocenters. The lowest BCUT2D eigenvalue weighted by Gasteiger charge is -2.20. The van der Waals surface area contributed by atoms with Crippen LogP contribution in [0.1, 0.15) is 20.8 Å². The topological polar surface area (TPSA) is 67.4 Å². The lowest BCUT2D eigenvalue weighted by atomic mass is 10.1. The van der Waals surface area contributed by atoms with Crippen molar-refractivity contribution in [1.82, 2.24) is 10.6 Å². The van der Waals surface area contributed by atoms with E-state index >= 15 is 0 Å². The van der Waals surface area contributed by atoms with Crippen LogP contribution in [0.3, 0.4) is 0 Å². The van der Waals surface area contributed by atoms with E-state index < -0.39 is 0 Å². The molecule has 0 saturated carbocycles. The van der Waals surface area contributed by atoms with E-state index in [2.05, 4.69) is 10.6 Å². The molecule has 0 fully saturated rings. The third-order valence-corrected chi connectivity index (χ3v) is 2.40. The van der Waals surface area contributed by atoms with E-state index in [1.807, 2.05) is 20.8 Å². The van der Waals surface area contributed by atoms with Crippen LogP contribution in [0, 0.1) is 0 Å². The van der Waals surface area contributed by atoms with Crippen LogP contribution in [0.2, 0.25) is 5.02 Å². The van der Waals surface area contributed by atoms with Crippen molar-refractivity contribution in [2.45, 2.75) is 26.3 Å². The van der Waals surface area contributed by atoms with Crippen molar-refractivity contribution in [3.8, 4) is 5.75 Å². The minimum Gasteiger partial charge on any atom is -0.484 e. The lowest BCUT2D eigenvalue weighted by Crippen LogP contribution is -2.46. The van der Waals surface area contributed by atoms with Gasteiger partial charge in [-0.05, 0) is 45.0 Å². The Morgan fingerprint density at radius 3 is 2.30 bits per heavy atom. The Labute approximate surface area is 123 Å². The summed E-state index contributed by atoms with van der Waals surface area (Å²) >= 11 is 5.73. The summed E-state index contributed by atoms with van der Waals surface area (Å²) in [7, 11) is 0. The molecule has 110 valence electrons. The summed E-state index contributed by atoms with van der Waals surface area (Å²) in [5.74, 6) is -0.0509. The molecule has 1 rings (SSSR count). The summed E-state index contributed by atoms with van der Waals surface area (Å²) in [6.07, 6.45) is 0. The molecule has 2 amide bonds. The number of hydrogen-bond acceptors (Lipinski definition) is 3. The van der Waals surface area contributed by atoms with Crippen molar-refractivity contribution in [3.63, 3.8) is 0 Å². The Bertz CT molecular complexity index is 466. The summed E-state index contributed by atoms with van der Waals surface area (Å²) in [6, 6.07) is 6.68. The number of halogens is 1. The number of carbonyl (C=O) groups is 2. The van der Waals surface area contributed by atoms with Gasteiger partial charge in [0.2, 0.25) is 5.91 Å². The van der Waals surface area contributed by atoms with Gasteiger partial charge in [0.15, 0.2) is 6.61 Å². The Kier molecular flexibility index (Phi) is 5.82. The number of carbonyl (C=O) groups excluding carboxylic acids is 2. The maximum atomic E-state index is 11.5. The zero-order chi connectivity index (χ0) is 15.2. The normalized spacial score (nSPS) is 10.8. The van der Waals surface area contributed by atoms with Crippen LogP contribution in [-0.4, -0.2) is 30.5 Å². The van der Waals surface area contributed by atoms with Crippen LogP contribution in [0.25, 0.3) is 0 Å². The molecule has 1 aromatic rings. The first-order valence-corrected chi connectivity index (χ1v) is 6.60. The van der Waals surface area contributed by atoms with Crippen molar-refractivity contribution in [2.24, 2.45) is 0 Å². The smallest absolute Gasteiger partial charge is 0.258 e. The predicted octanol–water partition coefficient (Wildman–Crippen LogP) is 1.75. The summed E-state index contributed by atoms with van der Waals surface area (Å²) in [5.41, 5.74) is -0.318. The lowest BCUT2D eigenvalue weighted by molar-refractivity contribution is -0.127. The average Bonchev–Trinajstić information content (AvgIpc) is 2.33. The van der Waals surface area contributed by atoms with Crippen LogP contribution < -0.4 is 15.4 Å². The molecule has 0 heterocycles. The van der Waals surface area contributed by atoms with Gasteiger partial charge in [0.25, 0.3) is 5.91 Å². The highest BCUT2D eigenvalue weighted by Gasteiger charge is 2.14. The summed E-state index contributed by atoms with van der Waals surface area (Å²) in [5, 5.41) is 5.83. The second-order valence-corrected chi connectivity index (χ2v) is 5.75. The fraction of sp³-hybridized carbons (Fsp3) is 0.429. The molecule has 0 aliphatic carbocycles. The summed E-state index contributed by atoms with van der Waals surface area (Å²) in [6.45, 7) is 5.40. The van der Waals surface area contributed by atoms with Gasteiger partial charge in [-0.1, -0.05) is 11.6 Å². The number of amides is 2. The number of ether oxygens (including phenoxy) is 1. The van der Waals surface area contributed by atoms with Crippen molar-refractivity contribution < 1.29 is 14.3 Å². The van der Waals surface area contributed by atoms with Crippen LogP contribution in [0.4, 0.5) is 0 Å². The van der Waals surface area contributed by atoms with Gasteiger partial charge in [-0.25, -0.2) is 0 Å². The second kappa shape index (κ2) is 7.14. The van der Waals surface area contributed by atoms with E-state index in [9.17, 15) is 9.59 Å². The number of nitrogens with one attached hydrogen (secondary N) is 2. The van der Waals surface area contributed by atoms with Gasteiger partial charge in [-0.3, -0.25) is 9.59 Å². The molecular formula is C14H19ClN2O3. The SMILES string of the molecule is CC(C)(C)NC(=O)CNC(=O)COc1ccc(Cl)cc1. The van der Waals surface area contributed by atoms with E-state index in [4.69, 9.17) is 16.3 Å². The zero-order valence-corrected chi connectivity index (χ0v) is 12.6. The molecule has 0 aromatic heterocycles. The van der Waals surface area contributed by atoms with Gasteiger partial charge >= 0.3 is 0 Å². The molecule has 0 aliphatic heterocycles. The first-order valence-electron chi connectivity index (χ1n) is 6.22. The molecule has 0 saturated heterocycles. The second-order valence-electron chi connectivity index (χ2n) is 5.32. The molecule has 0 spiro atoms. The quantitative estimate of drug-likeness (QED) is 0.870. The van der Waals surface area contributed by atoms with Crippen molar-refractivity contribution in [2.75, 3.05) is 13.2 Å². The Morgan fingerprint density at radius 1 is 1.15 bits per heavy atom. The molecule has 0 radical (unpaired) electrons. The summed E-state index contributed by atoms with van der Waals surface area (Å²) in [4.78, 5) is 23.0. The molecular weight excluding hydrogens is 280 g/mol. The van der Waals surface area contributed by atoms with Crippen molar-refractivity contribution in [3.05, 3.63) is 29.3 Å².